The normalized spacial score (nSPS) is 10.7. The Hall–Kier alpha value is -1.88. The first-order valence-electron chi connectivity index (χ1n) is 6.47. The zero-order valence-corrected chi connectivity index (χ0v) is 11.8. The number of aromatic nitrogens is 3. The summed E-state index contributed by atoms with van der Waals surface area (Å²) in [7, 11) is 4.03. The highest BCUT2D eigenvalue weighted by Gasteiger charge is 2.16. The van der Waals surface area contributed by atoms with Crippen molar-refractivity contribution >= 4 is 5.82 Å². The minimum Gasteiger partial charge on any atom is -0.354 e. The predicted molar refractivity (Wildman–Crippen MR) is 77.0 cm³/mol. The topological polar surface area (TPSA) is 60.0 Å². The van der Waals surface area contributed by atoms with Gasteiger partial charge in [-0.05, 0) is 32.0 Å². The van der Waals surface area contributed by atoms with Gasteiger partial charge in [-0.2, -0.15) is 5.10 Å². The largest absolute Gasteiger partial charge is 0.354 e. The van der Waals surface area contributed by atoms with Crippen molar-refractivity contribution in [2.24, 2.45) is 12.8 Å². The standard InChI is InChI=1S/C14H21N5/c1-11-13(7-8-15)14(19(3)17-11)18(2)10-12-6-4-5-9-16-12/h4-6,9H,7-8,10,15H2,1-3H3. The molecule has 0 aliphatic heterocycles. The van der Waals surface area contributed by atoms with Gasteiger partial charge >= 0.3 is 0 Å². The van der Waals surface area contributed by atoms with Crippen molar-refractivity contribution in [3.05, 3.63) is 41.3 Å². The van der Waals surface area contributed by atoms with Crippen molar-refractivity contribution in [2.45, 2.75) is 19.9 Å². The third-order valence-corrected chi connectivity index (χ3v) is 3.19. The van der Waals surface area contributed by atoms with Gasteiger partial charge in [-0.25, -0.2) is 0 Å². The Balaban J connectivity index is 2.25. The minimum atomic E-state index is 0.636. The molecule has 102 valence electrons. The van der Waals surface area contributed by atoms with Crippen LogP contribution in [0, 0.1) is 6.92 Å². The van der Waals surface area contributed by atoms with Crippen molar-refractivity contribution in [1.82, 2.24) is 14.8 Å². The summed E-state index contributed by atoms with van der Waals surface area (Å²) in [6.07, 6.45) is 2.67. The molecule has 0 saturated heterocycles. The van der Waals surface area contributed by atoms with Crippen LogP contribution in [0.25, 0.3) is 0 Å². The smallest absolute Gasteiger partial charge is 0.130 e. The fraction of sp³-hybridized carbons (Fsp3) is 0.429. The molecule has 0 saturated carbocycles. The van der Waals surface area contributed by atoms with Crippen molar-refractivity contribution in [3.8, 4) is 0 Å². The van der Waals surface area contributed by atoms with Gasteiger partial charge in [-0.1, -0.05) is 6.07 Å². The summed E-state index contributed by atoms with van der Waals surface area (Å²) in [5, 5.41) is 4.49. The van der Waals surface area contributed by atoms with E-state index in [0.29, 0.717) is 6.54 Å². The van der Waals surface area contributed by atoms with Crippen LogP contribution in [0.4, 0.5) is 5.82 Å². The maximum atomic E-state index is 5.69. The van der Waals surface area contributed by atoms with Crippen LogP contribution in [0.5, 0.6) is 0 Å². The molecule has 0 bridgehead atoms. The zero-order valence-electron chi connectivity index (χ0n) is 11.8. The van der Waals surface area contributed by atoms with Crippen molar-refractivity contribution in [2.75, 3.05) is 18.5 Å². The number of rotatable bonds is 5. The number of anilines is 1. The van der Waals surface area contributed by atoms with Gasteiger partial charge in [-0.15, -0.1) is 0 Å². The van der Waals surface area contributed by atoms with Crippen molar-refractivity contribution < 1.29 is 0 Å². The summed E-state index contributed by atoms with van der Waals surface area (Å²) in [5.74, 6) is 1.12. The van der Waals surface area contributed by atoms with Crippen molar-refractivity contribution in [1.29, 1.82) is 0 Å². The highest BCUT2D eigenvalue weighted by atomic mass is 15.4. The average molecular weight is 259 g/mol. The van der Waals surface area contributed by atoms with E-state index in [1.807, 2.05) is 43.0 Å². The van der Waals surface area contributed by atoms with E-state index < -0.39 is 0 Å². The van der Waals surface area contributed by atoms with Gasteiger partial charge in [0.25, 0.3) is 0 Å². The number of nitrogens with two attached hydrogens (primary N) is 1. The van der Waals surface area contributed by atoms with E-state index >= 15 is 0 Å². The molecular weight excluding hydrogens is 238 g/mol. The lowest BCUT2D eigenvalue weighted by Crippen LogP contribution is -2.22. The molecule has 2 N–H and O–H groups in total. The Labute approximate surface area is 114 Å². The van der Waals surface area contributed by atoms with Crippen LogP contribution in [0.1, 0.15) is 17.0 Å². The fourth-order valence-corrected chi connectivity index (χ4v) is 2.41. The first-order chi connectivity index (χ1) is 9.13. The molecule has 0 aliphatic carbocycles. The molecule has 5 nitrogen and oxygen atoms in total. The molecule has 0 unspecified atom stereocenters. The van der Waals surface area contributed by atoms with Gasteiger partial charge in [0.15, 0.2) is 0 Å². The fourth-order valence-electron chi connectivity index (χ4n) is 2.41. The summed E-state index contributed by atoms with van der Waals surface area (Å²) in [5.41, 5.74) is 9.01. The third kappa shape index (κ3) is 2.93. The Bertz CT molecular complexity index is 532. The third-order valence-electron chi connectivity index (χ3n) is 3.19. The molecule has 0 fully saturated rings. The van der Waals surface area contributed by atoms with E-state index in [9.17, 15) is 0 Å². The van der Waals surface area contributed by atoms with E-state index in [1.54, 1.807) is 0 Å². The molecule has 0 aliphatic rings. The molecule has 2 heterocycles. The first kappa shape index (κ1) is 13.5. The van der Waals surface area contributed by atoms with Crippen LogP contribution < -0.4 is 10.6 Å². The van der Waals surface area contributed by atoms with Gasteiger partial charge in [0.1, 0.15) is 5.82 Å². The van der Waals surface area contributed by atoms with Crippen LogP contribution in [-0.4, -0.2) is 28.4 Å². The zero-order chi connectivity index (χ0) is 13.8. The van der Waals surface area contributed by atoms with Crippen LogP contribution >= 0.6 is 0 Å². The molecular formula is C14H21N5. The molecule has 2 aromatic rings. The number of hydrogen-bond donors (Lipinski definition) is 1. The predicted octanol–water partition coefficient (Wildman–Crippen LogP) is 1.26. The Morgan fingerprint density at radius 3 is 2.79 bits per heavy atom. The monoisotopic (exact) mass is 259 g/mol. The van der Waals surface area contributed by atoms with Crippen LogP contribution in [0.3, 0.4) is 0 Å². The van der Waals surface area contributed by atoms with Gasteiger partial charge in [-0.3, -0.25) is 9.67 Å². The average Bonchev–Trinajstić information content (AvgIpc) is 2.66. The minimum absolute atomic E-state index is 0.636. The maximum Gasteiger partial charge on any atom is 0.130 e. The lowest BCUT2D eigenvalue weighted by molar-refractivity contribution is 0.721. The summed E-state index contributed by atoms with van der Waals surface area (Å²) < 4.78 is 1.92. The maximum absolute atomic E-state index is 5.69. The van der Waals surface area contributed by atoms with Crippen LogP contribution in [-0.2, 0) is 20.0 Å². The Morgan fingerprint density at radius 2 is 2.16 bits per heavy atom. The van der Waals surface area contributed by atoms with Gasteiger partial charge in [0.05, 0.1) is 17.9 Å². The van der Waals surface area contributed by atoms with E-state index in [1.165, 1.54) is 5.56 Å². The first-order valence-corrected chi connectivity index (χ1v) is 6.47. The molecule has 2 aromatic heterocycles. The number of aryl methyl sites for hydroxylation is 2. The Morgan fingerprint density at radius 1 is 1.37 bits per heavy atom. The molecule has 0 radical (unpaired) electrons. The van der Waals surface area contributed by atoms with E-state index in [2.05, 4.69) is 22.0 Å². The summed E-state index contributed by atoms with van der Waals surface area (Å²) in [6, 6.07) is 5.96. The number of nitrogens with zero attached hydrogens (tertiary/aromatic N) is 4. The summed E-state index contributed by atoms with van der Waals surface area (Å²) in [6.45, 7) is 3.43. The van der Waals surface area contributed by atoms with Gasteiger partial charge in [0.2, 0.25) is 0 Å². The molecule has 0 aromatic carbocycles. The summed E-state index contributed by atoms with van der Waals surface area (Å²) >= 11 is 0. The van der Waals surface area contributed by atoms with Gasteiger partial charge < -0.3 is 10.6 Å². The lowest BCUT2D eigenvalue weighted by atomic mass is 10.1. The number of pyridine rings is 1. The van der Waals surface area contributed by atoms with E-state index in [0.717, 1.165) is 30.2 Å². The SMILES string of the molecule is Cc1nn(C)c(N(C)Cc2ccccn2)c1CCN. The Kier molecular flexibility index (Phi) is 4.16. The van der Waals surface area contributed by atoms with Gasteiger partial charge in [0, 0.05) is 25.9 Å². The lowest BCUT2D eigenvalue weighted by Gasteiger charge is -2.20. The van der Waals surface area contributed by atoms with E-state index in [-0.39, 0.29) is 0 Å². The number of hydrogen-bond acceptors (Lipinski definition) is 4. The summed E-state index contributed by atoms with van der Waals surface area (Å²) in [4.78, 5) is 6.53. The van der Waals surface area contributed by atoms with E-state index in [4.69, 9.17) is 5.73 Å². The second-order valence-corrected chi connectivity index (χ2v) is 4.73. The molecule has 0 amide bonds. The molecule has 2 rings (SSSR count). The molecule has 0 spiro atoms. The highest BCUT2D eigenvalue weighted by Crippen LogP contribution is 2.23. The second-order valence-electron chi connectivity index (χ2n) is 4.73. The molecule has 0 atom stereocenters. The van der Waals surface area contributed by atoms with Crippen molar-refractivity contribution in [3.63, 3.8) is 0 Å². The highest BCUT2D eigenvalue weighted by molar-refractivity contribution is 5.50. The molecule has 5 heteroatoms. The quantitative estimate of drug-likeness (QED) is 0.878. The molecule has 19 heavy (non-hydrogen) atoms. The second kappa shape index (κ2) is 5.84. The van der Waals surface area contributed by atoms with Crippen LogP contribution in [0.2, 0.25) is 0 Å². The van der Waals surface area contributed by atoms with Crippen LogP contribution in [0.15, 0.2) is 24.4 Å².